The summed E-state index contributed by atoms with van der Waals surface area (Å²) in [5, 5.41) is 0. The summed E-state index contributed by atoms with van der Waals surface area (Å²) < 4.78 is 8.88. The molecule has 0 aliphatic heterocycles. The Bertz CT molecular complexity index is 60.2. The molecule has 0 saturated heterocycles. The molecular weight excluding hydrogens is 314 g/mol. The van der Waals surface area contributed by atoms with Crippen molar-refractivity contribution in [3.8, 4) is 0 Å². The average molecular weight is 320 g/mol. The van der Waals surface area contributed by atoms with Crippen molar-refractivity contribution >= 4 is 25.2 Å². The third-order valence-electron chi connectivity index (χ3n) is 0. The van der Waals surface area contributed by atoms with Crippen LogP contribution < -0.4 is 0 Å². The molecule has 0 radical (unpaired) electrons. The molecule has 8 heavy (non-hydrogen) atoms. The van der Waals surface area contributed by atoms with Crippen LogP contribution in [0.5, 0.6) is 0 Å². The van der Waals surface area contributed by atoms with E-state index in [2.05, 4.69) is 0 Å². The fraction of sp³-hybridized carbons (Fsp3) is 0. The van der Waals surface area contributed by atoms with Crippen LogP contribution in [0.25, 0.3) is 0 Å². The van der Waals surface area contributed by atoms with E-state index in [1.807, 2.05) is 0 Å². The summed E-state index contributed by atoms with van der Waals surface area (Å²) in [5.41, 5.74) is 0. The van der Waals surface area contributed by atoms with Gasteiger partial charge in [0.25, 0.3) is 0 Å². The summed E-state index contributed by atoms with van der Waals surface area (Å²) in [6.45, 7) is 0. The summed E-state index contributed by atoms with van der Waals surface area (Å²) in [6.07, 6.45) is 0. The molecular formula is H6AlMo2O4P. The van der Waals surface area contributed by atoms with Crippen LogP contribution >= 0.6 is 7.82 Å². The molecule has 0 unspecified atom stereocenters. The van der Waals surface area contributed by atoms with Crippen LogP contribution in [0.1, 0.15) is 0 Å². The zero-order valence-electron chi connectivity index (χ0n) is 3.01. The molecule has 4 nitrogen and oxygen atoms in total. The Morgan fingerprint density at radius 2 is 1.00 bits per heavy atom. The smallest absolute Gasteiger partial charge is 0.303 e. The Morgan fingerprint density at radius 1 is 1.00 bits per heavy atom. The van der Waals surface area contributed by atoms with Gasteiger partial charge in [0.15, 0.2) is 17.4 Å². The minimum atomic E-state index is -4.64. The quantitative estimate of drug-likeness (QED) is 0.352. The van der Waals surface area contributed by atoms with E-state index in [1.165, 1.54) is 0 Å². The Kier molecular flexibility index (Phi) is 25.4. The van der Waals surface area contributed by atoms with Gasteiger partial charge in [-0.05, 0) is 0 Å². The summed E-state index contributed by atoms with van der Waals surface area (Å²) in [6, 6.07) is 0. The SMILES string of the molecule is O=P(O)(O)O.[AlH3].[Mo].[Mo]. The van der Waals surface area contributed by atoms with E-state index in [1.54, 1.807) is 0 Å². The van der Waals surface area contributed by atoms with Gasteiger partial charge in [-0.25, -0.2) is 4.57 Å². The molecule has 0 aromatic carbocycles. The molecule has 0 amide bonds. The van der Waals surface area contributed by atoms with E-state index in [0.717, 1.165) is 0 Å². The number of rotatable bonds is 0. The molecule has 0 aliphatic carbocycles. The van der Waals surface area contributed by atoms with E-state index >= 15 is 0 Å². The van der Waals surface area contributed by atoms with Gasteiger partial charge in [0.2, 0.25) is 0 Å². The molecule has 0 fully saturated rings. The topological polar surface area (TPSA) is 77.8 Å². The maximum Gasteiger partial charge on any atom is 0.466 e. The summed E-state index contributed by atoms with van der Waals surface area (Å²) in [7, 11) is -4.64. The van der Waals surface area contributed by atoms with Gasteiger partial charge in [-0.3, -0.25) is 0 Å². The number of hydrogen-bond acceptors (Lipinski definition) is 1. The van der Waals surface area contributed by atoms with Gasteiger partial charge in [0, 0.05) is 42.1 Å². The Hall–Kier alpha value is 2.02. The third-order valence-corrected chi connectivity index (χ3v) is 0. The first kappa shape index (κ1) is 22.5. The first-order chi connectivity index (χ1) is 2.00. The Balaban J connectivity index is -0.0000000267. The van der Waals surface area contributed by atoms with Crippen molar-refractivity contribution < 1.29 is 61.4 Å². The zero-order valence-corrected chi connectivity index (χ0v) is 7.92. The molecule has 0 rings (SSSR count). The van der Waals surface area contributed by atoms with E-state index in [4.69, 9.17) is 19.2 Å². The second kappa shape index (κ2) is 9.02. The van der Waals surface area contributed by atoms with Crippen LogP contribution in [0.15, 0.2) is 0 Å². The van der Waals surface area contributed by atoms with Gasteiger partial charge in [0.05, 0.1) is 0 Å². The largest absolute Gasteiger partial charge is 0.466 e. The second-order valence-electron chi connectivity index (χ2n) is 0.513. The van der Waals surface area contributed by atoms with E-state index in [-0.39, 0.29) is 59.5 Å². The molecule has 0 bridgehead atoms. The predicted octanol–water partition coefficient (Wildman–Crippen LogP) is -2.12. The second-order valence-corrected chi connectivity index (χ2v) is 1.54. The molecule has 0 aromatic heterocycles. The van der Waals surface area contributed by atoms with Gasteiger partial charge < -0.3 is 14.7 Å². The minimum Gasteiger partial charge on any atom is -0.303 e. The van der Waals surface area contributed by atoms with Gasteiger partial charge >= 0.3 is 7.82 Å². The van der Waals surface area contributed by atoms with Gasteiger partial charge in [-0.2, -0.15) is 0 Å². The first-order valence-electron chi connectivity index (χ1n) is 0.783. The number of phosphoric acid groups is 1. The van der Waals surface area contributed by atoms with Crippen molar-refractivity contribution in [2.45, 2.75) is 0 Å². The van der Waals surface area contributed by atoms with Crippen LogP contribution in [0, 0.1) is 0 Å². The van der Waals surface area contributed by atoms with Crippen molar-refractivity contribution in [3.05, 3.63) is 0 Å². The number of hydrogen-bond donors (Lipinski definition) is 3. The van der Waals surface area contributed by atoms with Gasteiger partial charge in [-0.15, -0.1) is 0 Å². The average Bonchev–Trinajstić information content (AvgIpc) is 0.722. The van der Waals surface area contributed by atoms with Crippen molar-refractivity contribution in [2.75, 3.05) is 0 Å². The van der Waals surface area contributed by atoms with Crippen LogP contribution in [-0.4, -0.2) is 32.0 Å². The zero-order chi connectivity index (χ0) is 4.50. The summed E-state index contributed by atoms with van der Waals surface area (Å²) in [4.78, 5) is 21.6. The van der Waals surface area contributed by atoms with Crippen LogP contribution in [0.3, 0.4) is 0 Å². The van der Waals surface area contributed by atoms with Crippen LogP contribution in [0.2, 0.25) is 0 Å². The summed E-state index contributed by atoms with van der Waals surface area (Å²) >= 11 is 0. The van der Waals surface area contributed by atoms with Crippen molar-refractivity contribution in [3.63, 3.8) is 0 Å². The van der Waals surface area contributed by atoms with Crippen LogP contribution in [-0.2, 0) is 46.7 Å². The van der Waals surface area contributed by atoms with Crippen LogP contribution in [0.4, 0.5) is 0 Å². The standard InChI is InChI=1S/Al.2Mo.H3O4P.3H/c;;;1-5(2,3)4;;;/h;;;(H3,1,2,3,4);;;. The molecule has 3 N–H and O–H groups in total. The fourth-order valence-corrected chi connectivity index (χ4v) is 0. The van der Waals surface area contributed by atoms with E-state index < -0.39 is 7.82 Å². The maximum atomic E-state index is 8.88. The van der Waals surface area contributed by atoms with E-state index in [9.17, 15) is 0 Å². The molecule has 0 atom stereocenters. The fourth-order valence-electron chi connectivity index (χ4n) is 0. The minimum absolute atomic E-state index is 0. The third kappa shape index (κ3) is 96.9. The molecule has 0 aromatic rings. The molecule has 50 valence electrons. The van der Waals surface area contributed by atoms with Crippen molar-refractivity contribution in [2.24, 2.45) is 0 Å². The predicted molar refractivity (Wildman–Crippen MR) is 24.2 cm³/mol. The van der Waals surface area contributed by atoms with Crippen molar-refractivity contribution in [1.82, 2.24) is 0 Å². The molecule has 0 saturated carbocycles. The molecule has 0 heterocycles. The monoisotopic (exact) mass is 324 g/mol. The van der Waals surface area contributed by atoms with Gasteiger partial charge in [-0.1, -0.05) is 0 Å². The molecule has 0 spiro atoms. The first-order valence-corrected chi connectivity index (χ1v) is 2.35. The normalized spacial score (nSPS) is 7.38. The van der Waals surface area contributed by atoms with Gasteiger partial charge in [0.1, 0.15) is 0 Å². The summed E-state index contributed by atoms with van der Waals surface area (Å²) in [5.74, 6) is 0. The Morgan fingerprint density at radius 3 is 1.00 bits per heavy atom. The van der Waals surface area contributed by atoms with E-state index in [0.29, 0.717) is 0 Å². The molecule has 0 aliphatic rings. The maximum absolute atomic E-state index is 8.88. The molecule has 8 heteroatoms. The van der Waals surface area contributed by atoms with Crippen molar-refractivity contribution in [1.29, 1.82) is 0 Å². The Labute approximate surface area is 86.0 Å².